The molecule has 1 N–H and O–H groups in total. The summed E-state index contributed by atoms with van der Waals surface area (Å²) >= 11 is 0. The van der Waals surface area contributed by atoms with Crippen LogP contribution in [0, 0.1) is 6.92 Å². The fourth-order valence-electron chi connectivity index (χ4n) is 3.64. The zero-order valence-electron chi connectivity index (χ0n) is 16.9. The Morgan fingerprint density at radius 2 is 1.93 bits per heavy atom. The number of nitrogens with one attached hydrogen (secondary N) is 1. The molecule has 1 amide bonds. The van der Waals surface area contributed by atoms with Crippen molar-refractivity contribution < 1.29 is 14.1 Å². The number of hydrogen-bond acceptors (Lipinski definition) is 5. The zero-order valence-corrected chi connectivity index (χ0v) is 16.9. The van der Waals surface area contributed by atoms with Crippen LogP contribution in [0.15, 0.2) is 53.2 Å². The summed E-state index contributed by atoms with van der Waals surface area (Å²) in [5, 5.41) is 6.80. The Hall–Kier alpha value is -3.12. The molecule has 0 bridgehead atoms. The van der Waals surface area contributed by atoms with Gasteiger partial charge in [-0.2, -0.15) is 0 Å². The molecule has 3 aromatic rings. The van der Waals surface area contributed by atoms with Gasteiger partial charge in [-0.05, 0) is 49.8 Å². The molecule has 150 valence electrons. The van der Waals surface area contributed by atoms with Gasteiger partial charge >= 0.3 is 0 Å². The first-order valence-corrected chi connectivity index (χ1v) is 9.74. The molecule has 6 heteroatoms. The number of fused-ring (bicyclic) bond motifs is 1. The minimum Gasteiger partial charge on any atom is -0.493 e. The summed E-state index contributed by atoms with van der Waals surface area (Å²) < 4.78 is 10.8. The van der Waals surface area contributed by atoms with Gasteiger partial charge in [0.25, 0.3) is 5.91 Å². The van der Waals surface area contributed by atoms with Crippen LogP contribution >= 0.6 is 0 Å². The Morgan fingerprint density at radius 3 is 2.62 bits per heavy atom. The van der Waals surface area contributed by atoms with Gasteiger partial charge in [0.2, 0.25) is 0 Å². The number of amides is 1. The van der Waals surface area contributed by atoms with Gasteiger partial charge in [-0.3, -0.25) is 4.79 Å². The molecule has 2 heterocycles. The van der Waals surface area contributed by atoms with Crippen LogP contribution < -0.4 is 10.1 Å². The first kappa shape index (κ1) is 19.2. The van der Waals surface area contributed by atoms with Crippen molar-refractivity contribution in [3.63, 3.8) is 0 Å². The van der Waals surface area contributed by atoms with E-state index in [0.717, 1.165) is 29.0 Å². The number of hydrogen-bond donors (Lipinski definition) is 1. The van der Waals surface area contributed by atoms with Gasteiger partial charge in [-0.1, -0.05) is 35.5 Å². The standard InChI is InChI=1S/C23H25N3O3/c1-15-20(13-24-29-15)23(27)25-21-10-11-28-22-9-8-18(12-19(21)22)17-6-4-16(5-7-17)14-26(2)3/h4-9,12-13,21H,10-11,14H2,1-3H3,(H,25,27). The van der Waals surface area contributed by atoms with Crippen LogP contribution in [0.3, 0.4) is 0 Å². The van der Waals surface area contributed by atoms with Gasteiger partial charge < -0.3 is 19.5 Å². The number of carbonyl (C=O) groups is 1. The maximum absolute atomic E-state index is 12.6. The fourth-order valence-corrected chi connectivity index (χ4v) is 3.64. The lowest BCUT2D eigenvalue weighted by Crippen LogP contribution is -2.32. The van der Waals surface area contributed by atoms with Crippen molar-refractivity contribution in [2.75, 3.05) is 20.7 Å². The van der Waals surface area contributed by atoms with Crippen LogP contribution in [0.4, 0.5) is 0 Å². The molecule has 0 fully saturated rings. The van der Waals surface area contributed by atoms with Crippen LogP contribution in [0.25, 0.3) is 11.1 Å². The van der Waals surface area contributed by atoms with E-state index >= 15 is 0 Å². The summed E-state index contributed by atoms with van der Waals surface area (Å²) in [5.74, 6) is 1.15. The van der Waals surface area contributed by atoms with Crippen molar-refractivity contribution in [1.82, 2.24) is 15.4 Å². The Balaban J connectivity index is 1.58. The van der Waals surface area contributed by atoms with Crippen LogP contribution in [0.2, 0.25) is 0 Å². The van der Waals surface area contributed by atoms with Crippen molar-refractivity contribution >= 4 is 5.91 Å². The van der Waals surface area contributed by atoms with E-state index in [1.54, 1.807) is 6.92 Å². The average molecular weight is 391 g/mol. The molecule has 6 nitrogen and oxygen atoms in total. The van der Waals surface area contributed by atoms with Crippen molar-refractivity contribution in [3.8, 4) is 16.9 Å². The Labute approximate surface area is 170 Å². The zero-order chi connectivity index (χ0) is 20.4. The molecular weight excluding hydrogens is 366 g/mol. The first-order chi connectivity index (χ1) is 14.0. The summed E-state index contributed by atoms with van der Waals surface area (Å²) in [5.41, 5.74) is 4.97. The number of nitrogens with zero attached hydrogens (tertiary/aromatic N) is 2. The van der Waals surface area contributed by atoms with E-state index < -0.39 is 0 Å². The van der Waals surface area contributed by atoms with E-state index in [1.807, 2.05) is 6.07 Å². The molecular formula is C23H25N3O3. The number of ether oxygens (including phenoxy) is 1. The molecule has 1 aromatic heterocycles. The molecule has 4 rings (SSSR count). The molecule has 0 saturated carbocycles. The summed E-state index contributed by atoms with van der Waals surface area (Å²) in [6, 6.07) is 14.6. The van der Waals surface area contributed by atoms with Gasteiger partial charge in [-0.25, -0.2) is 0 Å². The van der Waals surface area contributed by atoms with Gasteiger partial charge in [0.05, 0.1) is 18.8 Å². The molecule has 1 aliphatic heterocycles. The lowest BCUT2D eigenvalue weighted by atomic mass is 9.95. The van der Waals surface area contributed by atoms with Crippen LogP contribution in [0.5, 0.6) is 5.75 Å². The van der Waals surface area contributed by atoms with Crippen LogP contribution in [0.1, 0.15) is 39.7 Å². The highest BCUT2D eigenvalue weighted by Gasteiger charge is 2.25. The van der Waals surface area contributed by atoms with E-state index in [1.165, 1.54) is 11.8 Å². The Kier molecular flexibility index (Phi) is 5.36. The second-order valence-electron chi connectivity index (χ2n) is 7.65. The third kappa shape index (κ3) is 4.17. The van der Waals surface area contributed by atoms with Crippen molar-refractivity contribution in [2.45, 2.75) is 25.9 Å². The lowest BCUT2D eigenvalue weighted by molar-refractivity contribution is 0.0923. The maximum atomic E-state index is 12.6. The largest absolute Gasteiger partial charge is 0.493 e. The Bertz CT molecular complexity index is 1010. The smallest absolute Gasteiger partial charge is 0.256 e. The molecule has 2 aromatic carbocycles. The molecule has 1 aliphatic rings. The van der Waals surface area contributed by atoms with Crippen LogP contribution in [-0.4, -0.2) is 36.7 Å². The monoisotopic (exact) mass is 391 g/mol. The van der Waals surface area contributed by atoms with E-state index in [9.17, 15) is 4.79 Å². The predicted molar refractivity (Wildman–Crippen MR) is 111 cm³/mol. The topological polar surface area (TPSA) is 67.6 Å². The van der Waals surface area contributed by atoms with E-state index in [-0.39, 0.29) is 11.9 Å². The van der Waals surface area contributed by atoms with E-state index in [4.69, 9.17) is 9.26 Å². The number of rotatable bonds is 5. The SMILES string of the molecule is Cc1oncc1C(=O)NC1CCOc2ccc(-c3ccc(CN(C)C)cc3)cc21. The van der Waals surface area contributed by atoms with Gasteiger partial charge in [0.15, 0.2) is 0 Å². The second kappa shape index (κ2) is 8.09. The van der Waals surface area contributed by atoms with E-state index in [2.05, 4.69) is 65.9 Å². The fraction of sp³-hybridized carbons (Fsp3) is 0.304. The third-order valence-corrected chi connectivity index (χ3v) is 5.14. The summed E-state index contributed by atoms with van der Waals surface area (Å²) in [7, 11) is 4.12. The lowest BCUT2D eigenvalue weighted by Gasteiger charge is -2.27. The van der Waals surface area contributed by atoms with Crippen molar-refractivity contribution in [3.05, 3.63) is 71.1 Å². The molecule has 0 aliphatic carbocycles. The highest BCUT2D eigenvalue weighted by atomic mass is 16.5. The van der Waals surface area contributed by atoms with Gasteiger partial charge in [0, 0.05) is 18.5 Å². The number of aromatic nitrogens is 1. The molecule has 0 spiro atoms. The average Bonchev–Trinajstić information content (AvgIpc) is 3.14. The summed E-state index contributed by atoms with van der Waals surface area (Å²) in [6.45, 7) is 3.21. The van der Waals surface area contributed by atoms with E-state index in [0.29, 0.717) is 24.4 Å². The minimum atomic E-state index is -0.181. The molecule has 1 atom stereocenters. The van der Waals surface area contributed by atoms with Gasteiger partial charge in [-0.15, -0.1) is 0 Å². The summed E-state index contributed by atoms with van der Waals surface area (Å²) in [4.78, 5) is 14.8. The molecule has 0 radical (unpaired) electrons. The highest BCUT2D eigenvalue weighted by Crippen LogP contribution is 2.35. The Morgan fingerprint density at radius 1 is 1.17 bits per heavy atom. The maximum Gasteiger partial charge on any atom is 0.256 e. The van der Waals surface area contributed by atoms with Crippen molar-refractivity contribution in [1.29, 1.82) is 0 Å². The van der Waals surface area contributed by atoms with Crippen LogP contribution in [-0.2, 0) is 6.54 Å². The highest BCUT2D eigenvalue weighted by molar-refractivity contribution is 5.95. The first-order valence-electron chi connectivity index (χ1n) is 9.74. The minimum absolute atomic E-state index is 0.117. The normalized spacial score (nSPS) is 15.7. The number of aryl methyl sites for hydroxylation is 1. The predicted octanol–water partition coefficient (Wildman–Crippen LogP) is 3.97. The third-order valence-electron chi connectivity index (χ3n) is 5.14. The summed E-state index contributed by atoms with van der Waals surface area (Å²) in [6.07, 6.45) is 2.17. The quantitative estimate of drug-likeness (QED) is 0.713. The molecule has 29 heavy (non-hydrogen) atoms. The molecule has 1 unspecified atom stereocenters. The van der Waals surface area contributed by atoms with Gasteiger partial charge in [0.1, 0.15) is 17.1 Å². The van der Waals surface area contributed by atoms with Crippen molar-refractivity contribution in [2.24, 2.45) is 0 Å². The number of benzene rings is 2. The molecule has 0 saturated heterocycles. The second-order valence-corrected chi connectivity index (χ2v) is 7.65. The number of carbonyl (C=O) groups excluding carboxylic acids is 1.